The van der Waals surface area contributed by atoms with Gasteiger partial charge in [-0.25, -0.2) is 4.79 Å². The number of hydrogen-bond acceptors (Lipinski definition) is 22. The molecule has 5 aromatic carbocycles. The van der Waals surface area contributed by atoms with E-state index in [1.54, 1.807) is 27.9 Å². The minimum absolute atomic E-state index is 0.0145. The van der Waals surface area contributed by atoms with E-state index in [0.717, 1.165) is 44.5 Å². The second kappa shape index (κ2) is 25.0. The van der Waals surface area contributed by atoms with Crippen LogP contribution in [0.3, 0.4) is 0 Å². The number of phenols is 2. The predicted octanol–water partition coefficient (Wildman–Crippen LogP) is 7.10. The van der Waals surface area contributed by atoms with Crippen LogP contribution in [0.5, 0.6) is 57.5 Å². The van der Waals surface area contributed by atoms with Gasteiger partial charge in [-0.3, -0.25) is 34.0 Å². The number of nitrogens with zero attached hydrogens (tertiary/aromatic N) is 6. The third kappa shape index (κ3) is 10.8. The van der Waals surface area contributed by atoms with Gasteiger partial charge >= 0.3 is 18.0 Å². The van der Waals surface area contributed by atoms with Crippen molar-refractivity contribution in [2.75, 3.05) is 55.0 Å². The fourth-order valence-corrected chi connectivity index (χ4v) is 16.5. The summed E-state index contributed by atoms with van der Waals surface area (Å²) in [6.07, 6.45) is 1.32. The van der Waals surface area contributed by atoms with Gasteiger partial charge in [-0.1, -0.05) is 42.5 Å². The molecule has 496 valence electrons. The molecule has 8 aliphatic heterocycles. The highest BCUT2D eigenvalue weighted by Crippen LogP contribution is 2.61. The minimum atomic E-state index is -1.01. The molecular formula is C70H81N9O15. The molecule has 2 unspecified atom stereocenters. The number of aryl methyl sites for hydroxylation is 2. The molecule has 4 bridgehead atoms. The SMILES string of the molecule is COc1c(C)cc2c(c1O)[C@@H]1C3Cc4c(OC(C)=O)c(C)c5c(c4[C@H](CN)N3[C@@H](C#N)[C@H](C2)N1C)OCO5.COc1c(C)cc2c(c1O)[C@@H]1C3Cc4c(OC(C)=O)c(C)c5c(c4[C@H](CNC(=O)[C@H](Cc4ccccc4)NC(=O)OC(C)(C)C)N3[C@@H](C#N)[C@H](C2)N1C)OCO5. The molecule has 5 aromatic rings. The predicted molar refractivity (Wildman–Crippen MR) is 340 cm³/mol. The van der Waals surface area contributed by atoms with Crippen LogP contribution in [-0.2, 0) is 51.2 Å². The van der Waals surface area contributed by atoms with Crippen molar-refractivity contribution in [1.29, 1.82) is 10.5 Å². The van der Waals surface area contributed by atoms with Crippen molar-refractivity contribution in [3.63, 3.8) is 0 Å². The number of amides is 2. The molecule has 0 aromatic heterocycles. The summed E-state index contributed by atoms with van der Waals surface area (Å²) >= 11 is 0. The number of nitrogens with one attached hydrogen (secondary N) is 2. The standard InChI is InChI=1S/C42H49N5O9.C28H32N4O6/c1-21-14-25-16-28-30(18-43)47-29(34(46(28)7)32(25)35(49)36(21)52-8)17-26-33(39-38(53-20-54-39)22(2)37(26)55-23(3)48)31(47)19-44-40(50)27(15-24-12-10-9-11-13-24)45-41(51)56-42(4,5)6;1-12-6-15-7-17-19(9-29)32-18(23(31(17)4)21(15)24(34)25(12)35-5)8-16-22(20(32)10-30)28-27(36-11-37-28)13(2)26(16)38-14(3)33/h9-14,27-31,34,49H,15-17,19-20H2,1-8H3,(H,44,50)(H,45,51);6,17-20,23,34H,7-8,10-11,30H2,1-5H3/t27-,28-,29?,30-,31-,34-;17-,18?,19-,20-,23-/m00/s1. The number of alkyl carbamates (subject to hydrolysis) is 1. The summed E-state index contributed by atoms with van der Waals surface area (Å²) in [5, 5.41) is 50.7. The fourth-order valence-electron chi connectivity index (χ4n) is 16.5. The number of carbonyl (C=O) groups excluding carboxylic acids is 4. The third-order valence-corrected chi connectivity index (χ3v) is 20.0. The molecule has 24 nitrogen and oxygen atoms in total. The summed E-state index contributed by atoms with van der Waals surface area (Å²) in [4.78, 5) is 60.9. The van der Waals surface area contributed by atoms with E-state index in [-0.39, 0.29) is 74.8 Å². The molecule has 0 aliphatic carbocycles. The number of esters is 2. The smallest absolute Gasteiger partial charge is 0.408 e. The number of piperazine rings is 2. The third-order valence-electron chi connectivity index (χ3n) is 20.0. The number of nitrogens with two attached hydrogens (primary N) is 1. The Morgan fingerprint density at radius 1 is 0.660 bits per heavy atom. The highest BCUT2D eigenvalue weighted by Gasteiger charge is 2.59. The number of ether oxygens (including phenoxy) is 9. The summed E-state index contributed by atoms with van der Waals surface area (Å²) in [5.74, 6) is 2.41. The maximum absolute atomic E-state index is 14.3. The summed E-state index contributed by atoms with van der Waals surface area (Å²) in [5.41, 5.74) is 15.9. The van der Waals surface area contributed by atoms with Crippen molar-refractivity contribution in [2.45, 2.75) is 166 Å². The molecule has 8 aliphatic rings. The Balaban J connectivity index is 0.000000194. The van der Waals surface area contributed by atoms with Crippen molar-refractivity contribution in [2.24, 2.45) is 5.73 Å². The van der Waals surface area contributed by atoms with Gasteiger partial charge in [0, 0.05) is 102 Å². The number of aromatic hydroxyl groups is 2. The monoisotopic (exact) mass is 1290 g/mol. The zero-order valence-corrected chi connectivity index (χ0v) is 55.2. The second-order valence-electron chi connectivity index (χ2n) is 26.6. The van der Waals surface area contributed by atoms with Gasteiger partial charge in [0.2, 0.25) is 19.5 Å². The molecule has 94 heavy (non-hydrogen) atoms. The van der Waals surface area contributed by atoms with Gasteiger partial charge in [0.1, 0.15) is 35.2 Å². The van der Waals surface area contributed by atoms with Gasteiger partial charge in [-0.2, -0.15) is 10.5 Å². The molecule has 8 heterocycles. The maximum Gasteiger partial charge on any atom is 0.408 e. The van der Waals surface area contributed by atoms with Crippen LogP contribution in [0.25, 0.3) is 0 Å². The van der Waals surface area contributed by atoms with E-state index in [4.69, 9.17) is 48.4 Å². The van der Waals surface area contributed by atoms with Gasteiger partial charge in [-0.15, -0.1) is 0 Å². The van der Waals surface area contributed by atoms with Crippen molar-refractivity contribution in [1.82, 2.24) is 30.2 Å². The van der Waals surface area contributed by atoms with Crippen molar-refractivity contribution in [3.8, 4) is 69.6 Å². The van der Waals surface area contributed by atoms with Crippen LogP contribution < -0.4 is 54.3 Å². The first-order valence-corrected chi connectivity index (χ1v) is 31.7. The number of phenolic OH excluding ortho intramolecular Hbond substituents is 2. The number of rotatable bonds is 11. The van der Waals surface area contributed by atoms with Gasteiger partial charge in [0.15, 0.2) is 46.0 Å². The lowest BCUT2D eigenvalue weighted by atomic mass is 9.71. The Labute approximate surface area is 546 Å². The summed E-state index contributed by atoms with van der Waals surface area (Å²) in [6.45, 7) is 15.6. The number of benzene rings is 5. The largest absolute Gasteiger partial charge is 0.504 e. The second-order valence-corrected chi connectivity index (χ2v) is 26.6. The first-order chi connectivity index (χ1) is 44.9. The summed E-state index contributed by atoms with van der Waals surface area (Å²) in [7, 11) is 7.06. The molecule has 2 saturated heterocycles. The number of methoxy groups -OCH3 is 2. The van der Waals surface area contributed by atoms with Gasteiger partial charge < -0.3 is 69.2 Å². The van der Waals surface area contributed by atoms with Gasteiger partial charge in [0.25, 0.3) is 0 Å². The molecule has 2 amide bonds. The maximum atomic E-state index is 14.3. The zero-order chi connectivity index (χ0) is 67.3. The molecule has 11 atom stereocenters. The van der Waals surface area contributed by atoms with Crippen LogP contribution in [0.2, 0.25) is 0 Å². The molecule has 0 spiro atoms. The Kier molecular flexibility index (Phi) is 17.3. The molecular weight excluding hydrogens is 1210 g/mol. The van der Waals surface area contributed by atoms with Gasteiger partial charge in [0.05, 0.1) is 50.5 Å². The van der Waals surface area contributed by atoms with Gasteiger partial charge in [-0.05, 0) is 116 Å². The number of nitriles is 2. The first-order valence-electron chi connectivity index (χ1n) is 31.7. The van der Waals surface area contributed by atoms with Crippen molar-refractivity contribution >= 4 is 23.9 Å². The van der Waals surface area contributed by atoms with Crippen LogP contribution >= 0.6 is 0 Å². The van der Waals surface area contributed by atoms with Crippen LogP contribution in [-0.4, -0.2) is 157 Å². The fraction of sp³-hybridized carbons (Fsp3) is 0.486. The van der Waals surface area contributed by atoms with Crippen LogP contribution in [0.1, 0.15) is 131 Å². The lowest BCUT2D eigenvalue weighted by molar-refractivity contribution is -0.133. The van der Waals surface area contributed by atoms with Crippen LogP contribution in [0.15, 0.2) is 42.5 Å². The molecule has 0 saturated carbocycles. The first kappa shape index (κ1) is 65.0. The number of likely N-dealkylation sites (N-methyl/N-ethyl adjacent to an activating group) is 2. The molecule has 13 rings (SSSR count). The number of fused-ring (bicyclic) bond motifs is 18. The van der Waals surface area contributed by atoms with E-state index < -0.39 is 65.8 Å². The number of hydrogen-bond donors (Lipinski definition) is 5. The van der Waals surface area contributed by atoms with Crippen molar-refractivity contribution < 1.29 is 72.0 Å². The molecule has 24 heteroatoms. The van der Waals surface area contributed by atoms with E-state index >= 15 is 0 Å². The molecule has 0 radical (unpaired) electrons. The van der Waals surface area contributed by atoms with E-state index in [1.165, 1.54) is 21.0 Å². The van der Waals surface area contributed by atoms with Crippen LogP contribution in [0.4, 0.5) is 4.79 Å². The Hall–Kier alpha value is -9.04. The van der Waals surface area contributed by atoms with Crippen molar-refractivity contribution in [3.05, 3.63) is 115 Å². The Morgan fingerprint density at radius 3 is 1.53 bits per heavy atom. The Morgan fingerprint density at radius 2 is 1.11 bits per heavy atom. The average Bonchev–Trinajstić information content (AvgIpc) is 0.901. The highest BCUT2D eigenvalue weighted by molar-refractivity contribution is 5.86. The van der Waals surface area contributed by atoms with E-state index in [2.05, 4.69) is 48.4 Å². The highest BCUT2D eigenvalue weighted by atomic mass is 16.7. The van der Waals surface area contributed by atoms with E-state index in [1.807, 2.05) is 78.2 Å². The van der Waals surface area contributed by atoms with E-state index in [9.17, 15) is 39.9 Å². The minimum Gasteiger partial charge on any atom is -0.504 e. The lowest BCUT2D eigenvalue weighted by Gasteiger charge is -2.60. The molecule has 6 N–H and O–H groups in total. The van der Waals surface area contributed by atoms with E-state index in [0.29, 0.717) is 99.5 Å². The summed E-state index contributed by atoms with van der Waals surface area (Å²) in [6, 6.07) is 13.6. The zero-order valence-electron chi connectivity index (χ0n) is 55.2. The molecule has 2 fully saturated rings. The average molecular weight is 1290 g/mol. The quantitative estimate of drug-likeness (QED) is 0.0650. The van der Waals surface area contributed by atoms with Crippen LogP contribution in [0, 0.1) is 50.4 Å². The topological polar surface area (TPSA) is 302 Å². The lowest BCUT2D eigenvalue weighted by Crippen LogP contribution is -2.69. The normalized spacial score (nSPS) is 24.5. The summed E-state index contributed by atoms with van der Waals surface area (Å²) < 4.78 is 52.4. The Bertz CT molecular complexity index is 4010. The number of carbonyl (C=O) groups is 4.